The normalized spacial score (nSPS) is 10.9. The lowest BCUT2D eigenvalue weighted by atomic mass is 10.2. The molecule has 0 aliphatic heterocycles. The van der Waals surface area contributed by atoms with Gasteiger partial charge in [0.15, 0.2) is 0 Å². The van der Waals surface area contributed by atoms with E-state index < -0.39 is 34.9 Å². The van der Waals surface area contributed by atoms with E-state index >= 15 is 0 Å². The van der Waals surface area contributed by atoms with Crippen LogP contribution in [0.4, 0.5) is 11.5 Å². The second-order valence-electron chi connectivity index (χ2n) is 7.88. The zero-order valence-corrected chi connectivity index (χ0v) is 19.4. The molecule has 0 spiro atoms. The third kappa shape index (κ3) is 5.18. The molecule has 4 aromatic rings. The van der Waals surface area contributed by atoms with Crippen molar-refractivity contribution in [3.63, 3.8) is 0 Å². The first-order valence-electron chi connectivity index (χ1n) is 11.0. The van der Waals surface area contributed by atoms with Gasteiger partial charge in [0.25, 0.3) is 11.1 Å². The fourth-order valence-corrected chi connectivity index (χ4v) is 3.71. The minimum Gasteiger partial charge on any atom is -0.383 e. The second kappa shape index (κ2) is 10.7. The average Bonchev–Trinajstić information content (AvgIpc) is 2.86. The molecule has 186 valence electrons. The van der Waals surface area contributed by atoms with Gasteiger partial charge in [-0.2, -0.15) is 0 Å². The lowest BCUT2D eigenvalue weighted by molar-refractivity contribution is -0.116. The minimum absolute atomic E-state index is 0.0260. The van der Waals surface area contributed by atoms with Gasteiger partial charge in [-0.05, 0) is 17.7 Å². The van der Waals surface area contributed by atoms with Crippen LogP contribution in [0.2, 0.25) is 0 Å². The van der Waals surface area contributed by atoms with Crippen LogP contribution in [0.25, 0.3) is 10.9 Å². The van der Waals surface area contributed by atoms with Crippen LogP contribution in [0.3, 0.4) is 0 Å². The highest BCUT2D eigenvalue weighted by molar-refractivity contribution is 5.93. The summed E-state index contributed by atoms with van der Waals surface area (Å²) in [4.78, 5) is 68.3. The first-order valence-corrected chi connectivity index (χ1v) is 11.0. The highest BCUT2D eigenvalue weighted by Crippen LogP contribution is 2.16. The highest BCUT2D eigenvalue weighted by Gasteiger charge is 2.19. The number of hydrogen-bond acceptors (Lipinski definition) is 7. The Bertz CT molecular complexity index is 1630. The summed E-state index contributed by atoms with van der Waals surface area (Å²) in [7, 11) is 1.45. The number of rotatable bonds is 9. The van der Waals surface area contributed by atoms with Crippen molar-refractivity contribution in [2.75, 3.05) is 24.4 Å². The highest BCUT2D eigenvalue weighted by atomic mass is 16.5. The Labute approximate surface area is 203 Å². The van der Waals surface area contributed by atoms with Crippen molar-refractivity contribution in [2.45, 2.75) is 19.6 Å². The summed E-state index contributed by atoms with van der Waals surface area (Å²) >= 11 is 0. The van der Waals surface area contributed by atoms with E-state index in [2.05, 4.69) is 20.6 Å². The van der Waals surface area contributed by atoms with Crippen LogP contribution in [0.5, 0.6) is 0 Å². The zero-order valence-electron chi connectivity index (χ0n) is 19.4. The number of carbonyl (C=O) groups is 1. The van der Waals surface area contributed by atoms with E-state index in [1.165, 1.54) is 13.2 Å². The number of para-hydroxylation sites is 1. The number of nitrogens with zero attached hydrogens (tertiary/aromatic N) is 2. The molecule has 0 aliphatic rings. The van der Waals surface area contributed by atoms with Crippen LogP contribution >= 0.6 is 0 Å². The lowest BCUT2D eigenvalue weighted by Crippen LogP contribution is -2.40. The van der Waals surface area contributed by atoms with E-state index in [1.54, 1.807) is 18.2 Å². The Morgan fingerprint density at radius 2 is 1.61 bits per heavy atom. The van der Waals surface area contributed by atoms with Crippen LogP contribution in [0.1, 0.15) is 5.56 Å². The van der Waals surface area contributed by atoms with E-state index in [4.69, 9.17) is 4.74 Å². The molecule has 2 aromatic carbocycles. The Morgan fingerprint density at radius 1 is 0.917 bits per heavy atom. The van der Waals surface area contributed by atoms with Gasteiger partial charge in [-0.3, -0.25) is 28.5 Å². The molecule has 4 rings (SSSR count). The average molecular weight is 492 g/mol. The van der Waals surface area contributed by atoms with E-state index in [0.29, 0.717) is 5.52 Å². The number of amides is 1. The third-order valence-corrected chi connectivity index (χ3v) is 5.48. The first kappa shape index (κ1) is 24.4. The maximum atomic E-state index is 13.0. The number of fused-ring (bicyclic) bond motifs is 1. The summed E-state index contributed by atoms with van der Waals surface area (Å²) in [6.45, 7) is -0.254. The van der Waals surface area contributed by atoms with Crippen LogP contribution < -0.4 is 33.1 Å². The maximum absolute atomic E-state index is 13.0. The smallest absolute Gasteiger partial charge is 0.330 e. The largest absolute Gasteiger partial charge is 0.383 e. The van der Waals surface area contributed by atoms with Gasteiger partial charge < -0.3 is 20.4 Å². The molecular formula is C24H24N6O6. The number of benzene rings is 2. The van der Waals surface area contributed by atoms with Gasteiger partial charge in [-0.1, -0.05) is 42.5 Å². The molecule has 0 bridgehead atoms. The molecule has 0 unspecified atom stereocenters. The number of H-pyrrole nitrogens is 2. The Hall–Kier alpha value is -4.71. The van der Waals surface area contributed by atoms with Gasteiger partial charge in [0.05, 0.1) is 24.1 Å². The Morgan fingerprint density at radius 3 is 2.36 bits per heavy atom. The third-order valence-electron chi connectivity index (χ3n) is 5.48. The molecule has 1 amide bonds. The summed E-state index contributed by atoms with van der Waals surface area (Å²) in [5.74, 6) is -0.885. The molecule has 0 aliphatic carbocycles. The van der Waals surface area contributed by atoms with E-state index in [9.17, 15) is 24.0 Å². The van der Waals surface area contributed by atoms with Crippen molar-refractivity contribution < 1.29 is 9.53 Å². The monoisotopic (exact) mass is 492 g/mol. The minimum atomic E-state index is -0.781. The number of hydrogen-bond donors (Lipinski definition) is 4. The number of anilines is 2. The number of aromatic nitrogens is 4. The molecule has 0 radical (unpaired) electrons. The van der Waals surface area contributed by atoms with E-state index in [1.807, 2.05) is 30.3 Å². The molecule has 4 N–H and O–H groups in total. The van der Waals surface area contributed by atoms with Gasteiger partial charge in [-0.15, -0.1) is 0 Å². The van der Waals surface area contributed by atoms with E-state index in [-0.39, 0.29) is 36.6 Å². The van der Waals surface area contributed by atoms with Crippen LogP contribution in [-0.4, -0.2) is 38.7 Å². The number of methoxy groups -OCH3 is 1. The van der Waals surface area contributed by atoms with Crippen molar-refractivity contribution in [3.8, 4) is 0 Å². The summed E-state index contributed by atoms with van der Waals surface area (Å²) < 4.78 is 6.94. The number of carbonyl (C=O) groups excluding carboxylic acids is 1. The molecule has 0 saturated carbocycles. The molecule has 12 nitrogen and oxygen atoms in total. The summed E-state index contributed by atoms with van der Waals surface area (Å²) in [6.07, 6.45) is 0. The fraction of sp³-hybridized carbons (Fsp3) is 0.208. The quantitative estimate of drug-likeness (QED) is 0.264. The summed E-state index contributed by atoms with van der Waals surface area (Å²) in [5.41, 5.74) is -1.74. The number of ether oxygens (including phenoxy) is 1. The molecule has 0 fully saturated rings. The SMILES string of the molecule is COCCn1c(NC(=O)Cn2c(=O)[nH]c3ccccc3c2=O)c(NCc2ccccc2)c(=O)[nH]c1=O. The fourth-order valence-electron chi connectivity index (χ4n) is 3.71. The molecule has 12 heteroatoms. The Balaban J connectivity index is 1.70. The zero-order chi connectivity index (χ0) is 25.7. The van der Waals surface area contributed by atoms with Gasteiger partial charge in [0.2, 0.25) is 5.91 Å². The molecule has 2 heterocycles. The van der Waals surface area contributed by atoms with Crippen molar-refractivity contribution >= 4 is 28.3 Å². The van der Waals surface area contributed by atoms with Crippen LogP contribution in [0.15, 0.2) is 73.8 Å². The van der Waals surface area contributed by atoms with Crippen LogP contribution in [-0.2, 0) is 29.2 Å². The van der Waals surface area contributed by atoms with Crippen LogP contribution in [0, 0.1) is 0 Å². The second-order valence-corrected chi connectivity index (χ2v) is 7.88. The van der Waals surface area contributed by atoms with Crippen molar-refractivity contribution in [3.05, 3.63) is 102 Å². The van der Waals surface area contributed by atoms with E-state index in [0.717, 1.165) is 14.7 Å². The van der Waals surface area contributed by atoms with Gasteiger partial charge in [0.1, 0.15) is 18.1 Å². The van der Waals surface area contributed by atoms with Gasteiger partial charge in [0, 0.05) is 13.7 Å². The predicted octanol–water partition coefficient (Wildman–Crippen LogP) is 0.437. The van der Waals surface area contributed by atoms with Crippen molar-refractivity contribution in [2.24, 2.45) is 0 Å². The molecular weight excluding hydrogens is 468 g/mol. The predicted molar refractivity (Wildman–Crippen MR) is 134 cm³/mol. The maximum Gasteiger partial charge on any atom is 0.330 e. The molecule has 0 atom stereocenters. The summed E-state index contributed by atoms with van der Waals surface area (Å²) in [5, 5.41) is 5.73. The van der Waals surface area contributed by atoms with Gasteiger partial charge >= 0.3 is 11.4 Å². The van der Waals surface area contributed by atoms with Crippen molar-refractivity contribution in [1.29, 1.82) is 0 Å². The first-order chi connectivity index (χ1) is 17.4. The van der Waals surface area contributed by atoms with Crippen molar-refractivity contribution in [1.82, 2.24) is 19.1 Å². The molecule has 36 heavy (non-hydrogen) atoms. The topological polar surface area (TPSA) is 160 Å². The van der Waals surface area contributed by atoms with Gasteiger partial charge in [-0.25, -0.2) is 9.59 Å². The molecule has 0 saturated heterocycles. The Kier molecular flexibility index (Phi) is 7.25. The standard InChI is InChI=1S/C24H24N6O6/c1-36-12-11-29-20(19(21(32)28-24(29)35)25-13-15-7-3-2-4-8-15)27-18(31)14-30-22(33)16-9-5-6-10-17(16)26-23(30)34/h2-10,25H,11-14H2,1H3,(H,26,34)(H,27,31)(H,28,32,35). The summed E-state index contributed by atoms with van der Waals surface area (Å²) in [6, 6.07) is 15.6. The molecule has 2 aromatic heterocycles. The number of nitrogens with one attached hydrogen (secondary N) is 4. The number of aromatic amines is 2. The lowest BCUT2D eigenvalue weighted by Gasteiger charge is -2.18.